The average Bonchev–Trinajstić information content (AvgIpc) is 2.68. The molecule has 0 atom stereocenters. The molecule has 27 heavy (non-hydrogen) atoms. The Hall–Kier alpha value is -2.15. The number of carbonyl (C=O) groups excluding carboxylic acids is 1. The Morgan fingerprint density at radius 1 is 1.15 bits per heavy atom. The summed E-state index contributed by atoms with van der Waals surface area (Å²) in [4.78, 5) is 30.2. The Balaban J connectivity index is 1.54. The zero-order valence-electron chi connectivity index (χ0n) is 16.4. The summed E-state index contributed by atoms with van der Waals surface area (Å²) in [6, 6.07) is 5.24. The number of piperidine rings is 1. The molecule has 7 heteroatoms. The van der Waals surface area contributed by atoms with E-state index in [0.717, 1.165) is 69.9 Å². The van der Waals surface area contributed by atoms with Crippen molar-refractivity contribution in [3.8, 4) is 0 Å². The lowest BCUT2D eigenvalue weighted by Crippen LogP contribution is -2.49. The van der Waals surface area contributed by atoms with E-state index in [9.17, 15) is 14.9 Å². The predicted molar refractivity (Wildman–Crippen MR) is 106 cm³/mol. The van der Waals surface area contributed by atoms with Crippen LogP contribution in [0.4, 0.5) is 11.4 Å². The molecule has 0 aliphatic carbocycles. The molecule has 0 aromatic heterocycles. The third-order valence-electron chi connectivity index (χ3n) is 5.98. The van der Waals surface area contributed by atoms with Crippen molar-refractivity contribution in [2.45, 2.75) is 33.1 Å². The first-order chi connectivity index (χ1) is 13.0. The van der Waals surface area contributed by atoms with E-state index < -0.39 is 0 Å². The van der Waals surface area contributed by atoms with Gasteiger partial charge in [-0.25, -0.2) is 0 Å². The summed E-state index contributed by atoms with van der Waals surface area (Å²) >= 11 is 0. The van der Waals surface area contributed by atoms with Crippen LogP contribution in [0, 0.1) is 23.0 Å². The van der Waals surface area contributed by atoms with Gasteiger partial charge in [0.15, 0.2) is 0 Å². The molecule has 1 amide bonds. The van der Waals surface area contributed by atoms with E-state index in [2.05, 4.69) is 16.7 Å². The predicted octanol–water partition coefficient (Wildman–Crippen LogP) is 2.67. The summed E-state index contributed by atoms with van der Waals surface area (Å²) < 4.78 is 0. The molecule has 0 radical (unpaired) electrons. The highest BCUT2D eigenvalue weighted by atomic mass is 16.6. The van der Waals surface area contributed by atoms with E-state index in [1.165, 1.54) is 0 Å². The van der Waals surface area contributed by atoms with Crippen LogP contribution in [0.25, 0.3) is 0 Å². The Labute approximate surface area is 161 Å². The highest BCUT2D eigenvalue weighted by Crippen LogP contribution is 2.35. The molecule has 0 spiro atoms. The number of hydrogen-bond acceptors (Lipinski definition) is 5. The summed E-state index contributed by atoms with van der Waals surface area (Å²) in [5, 5.41) is 11.4. The van der Waals surface area contributed by atoms with E-state index in [4.69, 9.17) is 0 Å². The van der Waals surface area contributed by atoms with Gasteiger partial charge < -0.3 is 14.7 Å². The van der Waals surface area contributed by atoms with Crippen molar-refractivity contribution >= 4 is 17.3 Å². The zero-order chi connectivity index (χ0) is 19.4. The second-order valence-corrected chi connectivity index (χ2v) is 7.65. The maximum atomic E-state index is 12.6. The normalized spacial score (nSPS) is 19.3. The summed E-state index contributed by atoms with van der Waals surface area (Å²) in [5.74, 6) is 0.645. The summed E-state index contributed by atoms with van der Waals surface area (Å²) in [6.45, 7) is 10.3. The fraction of sp³-hybridized carbons (Fsp3) is 0.650. The molecule has 2 heterocycles. The molecule has 148 valence electrons. The minimum absolute atomic E-state index is 0.179. The lowest BCUT2D eigenvalue weighted by atomic mass is 9.92. The molecule has 2 saturated heterocycles. The summed E-state index contributed by atoms with van der Waals surface area (Å²) in [5.41, 5.74) is 1.86. The number of hydrogen-bond donors (Lipinski definition) is 0. The molecule has 1 aromatic carbocycles. The van der Waals surface area contributed by atoms with Crippen molar-refractivity contribution in [3.05, 3.63) is 33.9 Å². The number of piperazine rings is 1. The van der Waals surface area contributed by atoms with Gasteiger partial charge in [0.1, 0.15) is 5.69 Å². The van der Waals surface area contributed by atoms with Gasteiger partial charge >= 0.3 is 0 Å². The van der Waals surface area contributed by atoms with Crippen molar-refractivity contribution < 1.29 is 9.72 Å². The molecule has 3 rings (SSSR count). The van der Waals surface area contributed by atoms with E-state index >= 15 is 0 Å². The minimum Gasteiger partial charge on any atom is -0.366 e. The number of anilines is 1. The number of amides is 1. The van der Waals surface area contributed by atoms with Crippen LogP contribution >= 0.6 is 0 Å². The van der Waals surface area contributed by atoms with Crippen molar-refractivity contribution in [3.63, 3.8) is 0 Å². The first-order valence-corrected chi connectivity index (χ1v) is 9.98. The molecule has 2 fully saturated rings. The van der Waals surface area contributed by atoms with Crippen LogP contribution < -0.4 is 4.90 Å². The van der Waals surface area contributed by atoms with Gasteiger partial charge in [-0.1, -0.05) is 19.1 Å². The van der Waals surface area contributed by atoms with E-state index in [1.54, 1.807) is 12.1 Å². The number of likely N-dealkylation sites (N-methyl/N-ethyl adjacent to an activating group) is 1. The topological polar surface area (TPSA) is 69.9 Å². The van der Waals surface area contributed by atoms with Crippen molar-refractivity contribution in [2.75, 3.05) is 50.7 Å². The van der Waals surface area contributed by atoms with Crippen LogP contribution in [-0.4, -0.2) is 66.4 Å². The Bertz CT molecular complexity index is 678. The minimum atomic E-state index is -0.298. The number of aryl methyl sites for hydroxylation is 1. The number of rotatable bonds is 5. The highest BCUT2D eigenvalue weighted by molar-refractivity contribution is 5.76. The number of nitro benzene ring substituents is 1. The Morgan fingerprint density at radius 2 is 1.81 bits per heavy atom. The zero-order valence-corrected chi connectivity index (χ0v) is 16.4. The SMILES string of the molecule is CCN1CCN(C(=O)CC2CCN(c3c(C)cccc3[N+](=O)[O-])CC2)CC1. The molecule has 0 N–H and O–H groups in total. The fourth-order valence-electron chi connectivity index (χ4n) is 4.25. The average molecular weight is 374 g/mol. The quantitative estimate of drug-likeness (QED) is 0.585. The first-order valence-electron chi connectivity index (χ1n) is 9.98. The van der Waals surface area contributed by atoms with E-state index in [1.807, 2.05) is 17.9 Å². The van der Waals surface area contributed by atoms with Gasteiger partial charge in [0, 0.05) is 51.8 Å². The smallest absolute Gasteiger partial charge is 0.292 e. The molecule has 0 bridgehead atoms. The second kappa shape index (κ2) is 8.69. The van der Waals surface area contributed by atoms with Gasteiger partial charge in [-0.3, -0.25) is 14.9 Å². The van der Waals surface area contributed by atoms with Gasteiger partial charge in [0.05, 0.1) is 4.92 Å². The van der Waals surface area contributed by atoms with E-state index in [-0.39, 0.29) is 16.5 Å². The van der Waals surface area contributed by atoms with Crippen LogP contribution in [0.5, 0.6) is 0 Å². The van der Waals surface area contributed by atoms with Crippen LogP contribution in [0.1, 0.15) is 31.7 Å². The van der Waals surface area contributed by atoms with Gasteiger partial charge in [-0.05, 0) is 37.8 Å². The third-order valence-corrected chi connectivity index (χ3v) is 5.98. The second-order valence-electron chi connectivity index (χ2n) is 7.65. The third kappa shape index (κ3) is 4.58. The monoisotopic (exact) mass is 374 g/mol. The first kappa shape index (κ1) is 19.6. The number of benzene rings is 1. The van der Waals surface area contributed by atoms with Crippen LogP contribution in [0.3, 0.4) is 0 Å². The van der Waals surface area contributed by atoms with Crippen LogP contribution in [0.2, 0.25) is 0 Å². The molecular weight excluding hydrogens is 344 g/mol. The highest BCUT2D eigenvalue weighted by Gasteiger charge is 2.29. The fourth-order valence-corrected chi connectivity index (χ4v) is 4.25. The molecule has 0 unspecified atom stereocenters. The standard InChI is InChI=1S/C20H30N4O3/c1-3-21-11-13-22(14-12-21)19(25)15-17-7-9-23(10-8-17)20-16(2)5-4-6-18(20)24(26)27/h4-6,17H,3,7-15H2,1-2H3. The maximum absolute atomic E-state index is 12.6. The molecule has 2 aliphatic rings. The van der Waals surface area contributed by atoms with Gasteiger partial charge in [0.25, 0.3) is 5.69 Å². The summed E-state index contributed by atoms with van der Waals surface area (Å²) in [6.07, 6.45) is 2.42. The van der Waals surface area contributed by atoms with E-state index in [0.29, 0.717) is 12.3 Å². The van der Waals surface area contributed by atoms with Gasteiger partial charge in [-0.15, -0.1) is 0 Å². The number of carbonyl (C=O) groups is 1. The maximum Gasteiger partial charge on any atom is 0.292 e. The number of nitrogens with zero attached hydrogens (tertiary/aromatic N) is 4. The molecular formula is C20H30N4O3. The van der Waals surface area contributed by atoms with Crippen LogP contribution in [-0.2, 0) is 4.79 Å². The Morgan fingerprint density at radius 3 is 2.41 bits per heavy atom. The lowest BCUT2D eigenvalue weighted by Gasteiger charge is -2.37. The Kier molecular flexibility index (Phi) is 6.31. The van der Waals surface area contributed by atoms with Gasteiger partial charge in [-0.2, -0.15) is 0 Å². The summed E-state index contributed by atoms with van der Waals surface area (Å²) in [7, 11) is 0. The van der Waals surface area contributed by atoms with Crippen LogP contribution in [0.15, 0.2) is 18.2 Å². The molecule has 1 aromatic rings. The number of nitro groups is 1. The molecule has 0 saturated carbocycles. The largest absolute Gasteiger partial charge is 0.366 e. The molecule has 2 aliphatic heterocycles. The van der Waals surface area contributed by atoms with Gasteiger partial charge in [0.2, 0.25) is 5.91 Å². The number of para-hydroxylation sites is 1. The molecule has 7 nitrogen and oxygen atoms in total. The lowest BCUT2D eigenvalue weighted by molar-refractivity contribution is -0.384. The van der Waals surface area contributed by atoms with Crippen molar-refractivity contribution in [1.82, 2.24) is 9.80 Å². The van der Waals surface area contributed by atoms with Crippen molar-refractivity contribution in [2.24, 2.45) is 5.92 Å². The van der Waals surface area contributed by atoms with Crippen molar-refractivity contribution in [1.29, 1.82) is 0 Å².